The van der Waals surface area contributed by atoms with Crippen molar-refractivity contribution in [1.29, 1.82) is 0 Å². The van der Waals surface area contributed by atoms with Crippen LogP contribution in [0.1, 0.15) is 64.2 Å². The van der Waals surface area contributed by atoms with E-state index in [1.165, 1.54) is 24.3 Å². The average Bonchev–Trinajstić information content (AvgIpc) is 2.89. The van der Waals surface area contributed by atoms with Gasteiger partial charge in [0.2, 0.25) is 0 Å². The van der Waals surface area contributed by atoms with E-state index in [9.17, 15) is 16.8 Å². The number of sulfonamides is 2. The van der Waals surface area contributed by atoms with Gasteiger partial charge in [-0.15, -0.1) is 0 Å². The predicted molar refractivity (Wildman–Crippen MR) is 153 cm³/mol. The molecule has 3 aromatic carbocycles. The van der Waals surface area contributed by atoms with Crippen molar-refractivity contribution in [2.75, 3.05) is 6.54 Å². The van der Waals surface area contributed by atoms with Gasteiger partial charge < -0.3 is 0 Å². The maximum atomic E-state index is 14.0. The molecule has 1 aliphatic rings. The summed E-state index contributed by atoms with van der Waals surface area (Å²) in [5, 5.41) is 1.94. The predicted octanol–water partition coefficient (Wildman–Crippen LogP) is 6.09. The molecule has 1 aliphatic heterocycles. The lowest BCUT2D eigenvalue weighted by molar-refractivity contribution is -0.306. The van der Waals surface area contributed by atoms with Crippen molar-refractivity contribution < 1.29 is 21.7 Å². The van der Waals surface area contributed by atoms with E-state index in [4.69, 9.17) is 4.84 Å². The van der Waals surface area contributed by atoms with Crippen molar-refractivity contribution >= 4 is 20.0 Å². The van der Waals surface area contributed by atoms with E-state index in [1.807, 2.05) is 36.3 Å². The van der Waals surface area contributed by atoms with Gasteiger partial charge in [0.1, 0.15) is 6.10 Å². The summed E-state index contributed by atoms with van der Waals surface area (Å²) in [5.41, 5.74) is 1.04. The molecule has 1 atom stereocenters. The largest absolute Gasteiger partial charge is 0.288 e. The van der Waals surface area contributed by atoms with E-state index >= 15 is 0 Å². The first-order valence-corrected chi connectivity index (χ1v) is 16.0. The van der Waals surface area contributed by atoms with Gasteiger partial charge in [-0.1, -0.05) is 69.9 Å². The maximum Gasteiger partial charge on any atom is 0.256 e. The smallest absolute Gasteiger partial charge is 0.256 e. The van der Waals surface area contributed by atoms with Crippen molar-refractivity contribution in [3.05, 3.63) is 96.1 Å². The lowest BCUT2D eigenvalue weighted by atomic mass is 9.82. The quantitative estimate of drug-likeness (QED) is 0.310. The molecule has 0 saturated carbocycles. The third-order valence-corrected chi connectivity index (χ3v) is 11.6. The van der Waals surface area contributed by atoms with Crippen LogP contribution in [-0.2, 0) is 24.9 Å². The summed E-state index contributed by atoms with van der Waals surface area (Å²) in [5.74, 6) is 0. The van der Waals surface area contributed by atoms with E-state index < -0.39 is 32.7 Å². The molecule has 0 spiro atoms. The highest BCUT2D eigenvalue weighted by Gasteiger charge is 2.45. The molecular weight excluding hydrogens is 532 g/mol. The zero-order valence-electron chi connectivity index (χ0n) is 23.2. The number of piperidine rings is 1. The summed E-state index contributed by atoms with van der Waals surface area (Å²) in [4.78, 5) is 6.49. The van der Waals surface area contributed by atoms with Crippen molar-refractivity contribution in [2.24, 2.45) is 0 Å². The Morgan fingerprint density at radius 2 is 1.18 bits per heavy atom. The summed E-state index contributed by atoms with van der Waals surface area (Å²) in [6, 6.07) is 22.9. The number of nitrogens with zero attached hydrogens (tertiary/aromatic N) is 2. The molecule has 0 aliphatic carbocycles. The molecule has 0 bridgehead atoms. The van der Waals surface area contributed by atoms with Crippen LogP contribution in [0, 0.1) is 6.92 Å². The third kappa shape index (κ3) is 6.28. The lowest BCUT2D eigenvalue weighted by Crippen LogP contribution is -2.59. The Hall–Kier alpha value is -2.56. The van der Waals surface area contributed by atoms with Crippen LogP contribution in [0.4, 0.5) is 0 Å². The highest BCUT2D eigenvalue weighted by molar-refractivity contribution is 8.04. The highest BCUT2D eigenvalue weighted by Crippen LogP contribution is 2.41. The average molecular weight is 571 g/mol. The fourth-order valence-corrected chi connectivity index (χ4v) is 8.94. The molecule has 1 heterocycles. The Labute approximate surface area is 233 Å². The normalized spacial score (nSPS) is 18.6. The number of hydrogen-bond acceptors (Lipinski definition) is 6. The summed E-state index contributed by atoms with van der Waals surface area (Å²) in [7, 11) is -8.94. The monoisotopic (exact) mass is 570 g/mol. The minimum Gasteiger partial charge on any atom is -0.288 e. The second-order valence-electron chi connectivity index (χ2n) is 11.4. The number of aryl methyl sites for hydroxylation is 1. The Morgan fingerprint density at radius 1 is 0.744 bits per heavy atom. The van der Waals surface area contributed by atoms with Gasteiger partial charge in [0.25, 0.3) is 20.0 Å². The molecule has 0 amide bonds. The van der Waals surface area contributed by atoms with Crippen molar-refractivity contribution in [3.63, 3.8) is 0 Å². The second kappa shape index (κ2) is 11.1. The van der Waals surface area contributed by atoms with E-state index in [2.05, 4.69) is 27.7 Å². The molecule has 0 aromatic heterocycles. The Bertz CT molecular complexity index is 1390. The van der Waals surface area contributed by atoms with E-state index in [-0.39, 0.29) is 20.9 Å². The Morgan fingerprint density at radius 3 is 1.62 bits per heavy atom. The van der Waals surface area contributed by atoms with Gasteiger partial charge in [-0.05, 0) is 83.7 Å². The molecule has 9 heteroatoms. The van der Waals surface area contributed by atoms with Crippen molar-refractivity contribution in [2.45, 2.75) is 80.9 Å². The molecule has 4 rings (SSSR count). The van der Waals surface area contributed by atoms with Crippen LogP contribution in [0.25, 0.3) is 0 Å². The first kappa shape index (κ1) is 29.4. The van der Waals surface area contributed by atoms with Gasteiger partial charge in [0, 0.05) is 11.1 Å². The zero-order valence-corrected chi connectivity index (χ0v) is 24.9. The van der Waals surface area contributed by atoms with Gasteiger partial charge in [-0.2, -0.15) is 5.06 Å². The minimum absolute atomic E-state index is 0.106. The molecule has 1 fully saturated rings. The van der Waals surface area contributed by atoms with Gasteiger partial charge >= 0.3 is 0 Å². The molecule has 0 N–H and O–H groups in total. The molecular formula is C30H38N2O5S2. The van der Waals surface area contributed by atoms with E-state index in [1.54, 1.807) is 36.4 Å². The fourth-order valence-electron chi connectivity index (χ4n) is 5.25. The molecule has 7 nitrogen and oxygen atoms in total. The summed E-state index contributed by atoms with van der Waals surface area (Å²) >= 11 is 0. The van der Waals surface area contributed by atoms with Crippen LogP contribution in [0.5, 0.6) is 0 Å². The molecule has 3 aromatic rings. The Kier molecular flexibility index (Phi) is 8.40. The van der Waals surface area contributed by atoms with Crippen LogP contribution >= 0.6 is 0 Å². The SMILES string of the molecule is Cc1ccc(C(CN(S(=O)(=O)c2ccccc2)S(=O)(=O)c2ccccc2)ON2C(C)(C)CCCC2(C)C)cc1. The van der Waals surface area contributed by atoms with Gasteiger partial charge in [-0.25, -0.2) is 16.8 Å². The van der Waals surface area contributed by atoms with Crippen LogP contribution in [0.3, 0.4) is 0 Å². The third-order valence-electron chi connectivity index (χ3n) is 7.29. The standard InChI is InChI=1S/C30H38N2O5S2/c1-24-17-19-25(20-18-24)28(37-32-29(2,3)21-12-22-30(32,4)5)23-31(38(33,34)26-13-8-6-9-14-26)39(35,36)27-15-10-7-11-16-27/h6-11,13-20,28H,12,21-23H2,1-5H3. The number of hydrogen-bond donors (Lipinski definition) is 0. The maximum absolute atomic E-state index is 14.0. The van der Waals surface area contributed by atoms with Crippen LogP contribution in [0.2, 0.25) is 0 Å². The Balaban J connectivity index is 1.85. The summed E-state index contributed by atoms with van der Waals surface area (Å²) < 4.78 is 56.6. The molecule has 1 saturated heterocycles. The first-order valence-electron chi connectivity index (χ1n) is 13.2. The molecule has 210 valence electrons. The van der Waals surface area contributed by atoms with E-state index in [0.29, 0.717) is 9.27 Å². The van der Waals surface area contributed by atoms with Crippen molar-refractivity contribution in [3.8, 4) is 0 Å². The topological polar surface area (TPSA) is 84.0 Å². The molecule has 39 heavy (non-hydrogen) atoms. The summed E-state index contributed by atoms with van der Waals surface area (Å²) in [6.45, 7) is 9.92. The molecule has 1 unspecified atom stereocenters. The first-order chi connectivity index (χ1) is 18.2. The van der Waals surface area contributed by atoms with E-state index in [0.717, 1.165) is 24.8 Å². The minimum atomic E-state index is -4.47. The van der Waals surface area contributed by atoms with Crippen LogP contribution in [-0.4, -0.2) is 43.2 Å². The zero-order chi connectivity index (χ0) is 28.5. The van der Waals surface area contributed by atoms with Crippen LogP contribution < -0.4 is 0 Å². The fraction of sp³-hybridized carbons (Fsp3) is 0.400. The number of rotatable bonds is 9. The summed E-state index contributed by atoms with van der Waals surface area (Å²) in [6.07, 6.45) is 1.93. The van der Waals surface area contributed by atoms with Gasteiger partial charge in [0.05, 0.1) is 16.3 Å². The van der Waals surface area contributed by atoms with Crippen molar-refractivity contribution in [1.82, 2.24) is 8.77 Å². The second-order valence-corrected chi connectivity index (χ2v) is 15.3. The van der Waals surface area contributed by atoms with Gasteiger partial charge in [-0.3, -0.25) is 4.84 Å². The molecule has 0 radical (unpaired) electrons. The lowest BCUT2D eigenvalue weighted by Gasteiger charge is -2.52. The van der Waals surface area contributed by atoms with Crippen LogP contribution in [0.15, 0.2) is 94.7 Å². The van der Waals surface area contributed by atoms with Gasteiger partial charge in [0.15, 0.2) is 0 Å². The number of hydroxylamine groups is 2. The highest BCUT2D eigenvalue weighted by atomic mass is 32.3. The number of benzene rings is 3.